The summed E-state index contributed by atoms with van der Waals surface area (Å²) in [5.41, 5.74) is 0.322. The summed E-state index contributed by atoms with van der Waals surface area (Å²) in [7, 11) is 0. The van der Waals surface area contributed by atoms with Crippen LogP contribution < -0.4 is 5.32 Å². The molecule has 1 aliphatic carbocycles. The number of nitrogens with one attached hydrogen (secondary N) is 1. The highest BCUT2D eigenvalue weighted by atomic mass is 16.4. The lowest BCUT2D eigenvalue weighted by Gasteiger charge is -2.25. The Balaban J connectivity index is 2.39. The van der Waals surface area contributed by atoms with Crippen molar-refractivity contribution in [2.24, 2.45) is 11.3 Å². The molecule has 19 heavy (non-hydrogen) atoms. The molecule has 1 rings (SSSR count). The van der Waals surface area contributed by atoms with Crippen molar-refractivity contribution in [1.29, 1.82) is 0 Å². The van der Waals surface area contributed by atoms with E-state index in [1.807, 2.05) is 6.92 Å². The van der Waals surface area contributed by atoms with E-state index in [1.165, 1.54) is 12.8 Å². The Hall–Kier alpha value is -1.26. The maximum Gasteiger partial charge on any atom is 0.317 e. The van der Waals surface area contributed by atoms with Crippen molar-refractivity contribution in [3.8, 4) is 0 Å². The number of hydrogen-bond donors (Lipinski definition) is 2. The molecule has 5 nitrogen and oxygen atoms in total. The normalized spacial score (nSPS) is 17.6. The molecule has 1 saturated carbocycles. The zero-order chi connectivity index (χ0) is 14.5. The van der Waals surface area contributed by atoms with E-state index in [0.29, 0.717) is 12.0 Å². The summed E-state index contributed by atoms with van der Waals surface area (Å²) < 4.78 is 0. The highest BCUT2D eigenvalue weighted by molar-refractivity contribution is 5.76. The van der Waals surface area contributed by atoms with Gasteiger partial charge in [-0.15, -0.1) is 0 Å². The molecule has 1 unspecified atom stereocenters. The van der Waals surface area contributed by atoms with Crippen LogP contribution in [0.5, 0.6) is 0 Å². The van der Waals surface area contributed by atoms with Gasteiger partial charge in [-0.3, -0.25) is 4.79 Å². The summed E-state index contributed by atoms with van der Waals surface area (Å²) in [6.45, 7) is 7.17. The van der Waals surface area contributed by atoms with Crippen molar-refractivity contribution >= 4 is 12.0 Å². The molecule has 0 saturated heterocycles. The predicted octanol–water partition coefficient (Wildman–Crippen LogP) is 2.32. The van der Waals surface area contributed by atoms with Crippen LogP contribution in [0.4, 0.5) is 4.79 Å². The molecule has 0 aromatic carbocycles. The van der Waals surface area contributed by atoms with E-state index < -0.39 is 11.9 Å². The molecule has 0 bridgehead atoms. The summed E-state index contributed by atoms with van der Waals surface area (Å²) in [6.07, 6.45) is 4.69. The molecule has 0 aliphatic heterocycles. The van der Waals surface area contributed by atoms with Gasteiger partial charge in [0, 0.05) is 19.6 Å². The lowest BCUT2D eigenvalue weighted by molar-refractivity contribution is -0.141. The number of nitrogens with zero attached hydrogens (tertiary/aromatic N) is 1. The highest BCUT2D eigenvalue weighted by Gasteiger charge is 2.41. The number of carbonyl (C=O) groups is 2. The summed E-state index contributed by atoms with van der Waals surface area (Å²) >= 11 is 0. The fourth-order valence-corrected chi connectivity index (χ4v) is 2.36. The van der Waals surface area contributed by atoms with Crippen LogP contribution in [0.1, 0.15) is 46.5 Å². The summed E-state index contributed by atoms with van der Waals surface area (Å²) in [5, 5.41) is 11.8. The van der Waals surface area contributed by atoms with Crippen molar-refractivity contribution in [2.45, 2.75) is 46.5 Å². The Kier molecular flexibility index (Phi) is 5.63. The van der Waals surface area contributed by atoms with Crippen LogP contribution in [0, 0.1) is 11.3 Å². The first-order valence-electron chi connectivity index (χ1n) is 7.19. The lowest BCUT2D eigenvalue weighted by atomic mass is 10.0. The van der Waals surface area contributed by atoms with E-state index in [-0.39, 0.29) is 12.6 Å². The average molecular weight is 270 g/mol. The number of rotatable bonds is 8. The third-order valence-corrected chi connectivity index (χ3v) is 3.94. The minimum atomic E-state index is -0.865. The third kappa shape index (κ3) is 4.73. The van der Waals surface area contributed by atoms with Gasteiger partial charge in [0.2, 0.25) is 0 Å². The minimum Gasteiger partial charge on any atom is -0.481 e. The van der Waals surface area contributed by atoms with Crippen LogP contribution in [-0.4, -0.2) is 41.6 Å². The molecule has 1 atom stereocenters. The number of carboxylic acids is 1. The monoisotopic (exact) mass is 270 g/mol. The summed E-state index contributed by atoms with van der Waals surface area (Å²) in [5.74, 6) is -1.40. The Morgan fingerprint density at radius 2 is 2.00 bits per heavy atom. The first kappa shape index (κ1) is 15.8. The van der Waals surface area contributed by atoms with Gasteiger partial charge in [0.05, 0.1) is 5.92 Å². The van der Waals surface area contributed by atoms with Gasteiger partial charge in [-0.25, -0.2) is 4.79 Å². The van der Waals surface area contributed by atoms with Gasteiger partial charge in [0.25, 0.3) is 0 Å². The molecule has 0 heterocycles. The van der Waals surface area contributed by atoms with Crippen LogP contribution in [0.2, 0.25) is 0 Å². The number of amides is 2. The van der Waals surface area contributed by atoms with Crippen LogP contribution in [-0.2, 0) is 4.79 Å². The zero-order valence-electron chi connectivity index (χ0n) is 12.2. The number of carboxylic acid groups (broad SMARTS) is 1. The van der Waals surface area contributed by atoms with Gasteiger partial charge >= 0.3 is 12.0 Å². The molecule has 0 radical (unpaired) electrons. The molecular formula is C14H26N2O3. The molecule has 1 aliphatic rings. The van der Waals surface area contributed by atoms with Gasteiger partial charge in [-0.1, -0.05) is 20.3 Å². The smallest absolute Gasteiger partial charge is 0.317 e. The van der Waals surface area contributed by atoms with E-state index in [4.69, 9.17) is 5.11 Å². The third-order valence-electron chi connectivity index (χ3n) is 3.94. The zero-order valence-corrected chi connectivity index (χ0v) is 12.2. The highest BCUT2D eigenvalue weighted by Crippen LogP contribution is 2.48. The van der Waals surface area contributed by atoms with E-state index in [1.54, 1.807) is 11.8 Å². The maximum atomic E-state index is 12.0. The lowest BCUT2D eigenvalue weighted by Crippen LogP contribution is -2.44. The number of urea groups is 1. The fraction of sp³-hybridized carbons (Fsp3) is 0.857. The molecule has 1 fully saturated rings. The topological polar surface area (TPSA) is 69.6 Å². The standard InChI is InChI=1S/C14H26N2O3/c1-4-6-14(7-8-14)10-15-13(19)16(5-2)9-11(3)12(17)18/h11H,4-10H2,1-3H3,(H,15,19)(H,17,18). The van der Waals surface area contributed by atoms with Crippen LogP contribution in [0.25, 0.3) is 0 Å². The summed E-state index contributed by atoms with van der Waals surface area (Å²) in [4.78, 5) is 24.4. The molecular weight excluding hydrogens is 244 g/mol. The van der Waals surface area contributed by atoms with Gasteiger partial charge < -0.3 is 15.3 Å². The maximum absolute atomic E-state index is 12.0. The number of carbonyl (C=O) groups excluding carboxylic acids is 1. The van der Waals surface area contributed by atoms with Gasteiger partial charge in [0.1, 0.15) is 0 Å². The second kappa shape index (κ2) is 6.78. The quantitative estimate of drug-likeness (QED) is 0.711. The molecule has 0 spiro atoms. The number of hydrogen-bond acceptors (Lipinski definition) is 2. The van der Waals surface area contributed by atoms with E-state index in [0.717, 1.165) is 19.4 Å². The SMILES string of the molecule is CCCC1(CNC(=O)N(CC)CC(C)C(=O)O)CC1. The largest absolute Gasteiger partial charge is 0.481 e. The first-order valence-corrected chi connectivity index (χ1v) is 7.19. The molecule has 0 aromatic rings. The Bertz CT molecular complexity index is 327. The first-order chi connectivity index (χ1) is 8.94. The molecule has 5 heteroatoms. The van der Waals surface area contributed by atoms with Crippen LogP contribution in [0.15, 0.2) is 0 Å². The van der Waals surface area contributed by atoms with E-state index >= 15 is 0 Å². The van der Waals surface area contributed by atoms with Crippen molar-refractivity contribution < 1.29 is 14.7 Å². The fourth-order valence-electron chi connectivity index (χ4n) is 2.36. The predicted molar refractivity (Wildman–Crippen MR) is 74.0 cm³/mol. The molecule has 110 valence electrons. The van der Waals surface area contributed by atoms with Crippen LogP contribution in [0.3, 0.4) is 0 Å². The summed E-state index contributed by atoms with van der Waals surface area (Å²) in [6, 6.07) is -0.141. The average Bonchev–Trinajstić information content (AvgIpc) is 3.13. The van der Waals surface area contributed by atoms with E-state index in [9.17, 15) is 9.59 Å². The number of aliphatic carboxylic acids is 1. The molecule has 2 N–H and O–H groups in total. The van der Waals surface area contributed by atoms with Gasteiger partial charge in [0.15, 0.2) is 0 Å². The second-order valence-electron chi connectivity index (χ2n) is 5.69. The van der Waals surface area contributed by atoms with Crippen molar-refractivity contribution in [1.82, 2.24) is 10.2 Å². The van der Waals surface area contributed by atoms with Crippen LogP contribution >= 0.6 is 0 Å². The molecule has 0 aromatic heterocycles. The van der Waals surface area contributed by atoms with Crippen molar-refractivity contribution in [2.75, 3.05) is 19.6 Å². The second-order valence-corrected chi connectivity index (χ2v) is 5.69. The van der Waals surface area contributed by atoms with E-state index in [2.05, 4.69) is 12.2 Å². The minimum absolute atomic E-state index is 0.141. The van der Waals surface area contributed by atoms with Crippen molar-refractivity contribution in [3.05, 3.63) is 0 Å². The van der Waals surface area contributed by atoms with Crippen molar-refractivity contribution in [3.63, 3.8) is 0 Å². The van der Waals surface area contributed by atoms with Gasteiger partial charge in [-0.05, 0) is 31.6 Å². The Morgan fingerprint density at radius 1 is 1.37 bits per heavy atom. The van der Waals surface area contributed by atoms with Gasteiger partial charge in [-0.2, -0.15) is 0 Å². The Labute approximate surface area is 115 Å². The molecule has 2 amide bonds. The Morgan fingerprint density at radius 3 is 2.42 bits per heavy atom.